The van der Waals surface area contributed by atoms with Crippen LogP contribution in [0.1, 0.15) is 29.6 Å². The van der Waals surface area contributed by atoms with Crippen molar-refractivity contribution in [1.82, 2.24) is 15.5 Å². The highest BCUT2D eigenvalue weighted by atomic mass is 79.9. The van der Waals surface area contributed by atoms with Crippen molar-refractivity contribution in [2.45, 2.75) is 19.3 Å². The van der Waals surface area contributed by atoms with Gasteiger partial charge in [0.15, 0.2) is 0 Å². The van der Waals surface area contributed by atoms with Crippen molar-refractivity contribution in [3.8, 4) is 5.88 Å². The molecule has 0 spiro atoms. The summed E-state index contributed by atoms with van der Waals surface area (Å²) in [5.74, 6) is 0.439. The van der Waals surface area contributed by atoms with Gasteiger partial charge >= 0.3 is 6.09 Å². The molecule has 10 heteroatoms. The second-order valence-corrected chi connectivity index (χ2v) is 9.22. The van der Waals surface area contributed by atoms with Crippen molar-refractivity contribution >= 4 is 51.0 Å². The summed E-state index contributed by atoms with van der Waals surface area (Å²) in [5.41, 5.74) is 1.58. The minimum absolute atomic E-state index is 0.0307. The van der Waals surface area contributed by atoms with E-state index in [4.69, 9.17) is 16.3 Å². The smallest absolute Gasteiger partial charge is 0.388 e. The number of aromatic amines is 1. The summed E-state index contributed by atoms with van der Waals surface area (Å²) in [7, 11) is 0. The number of halogens is 2. The minimum atomic E-state index is -0.599. The highest BCUT2D eigenvalue weighted by Gasteiger charge is 2.21. The molecule has 0 saturated carbocycles. The molecule has 1 aliphatic heterocycles. The highest BCUT2D eigenvalue weighted by Crippen LogP contribution is 2.30. The third-order valence-electron chi connectivity index (χ3n) is 5.78. The van der Waals surface area contributed by atoms with Crippen molar-refractivity contribution in [3.63, 3.8) is 0 Å². The molecule has 8 nitrogen and oxygen atoms in total. The molecular weight excluding hydrogens is 522 g/mol. The van der Waals surface area contributed by atoms with Crippen LogP contribution in [-0.4, -0.2) is 41.8 Å². The van der Waals surface area contributed by atoms with E-state index in [-0.39, 0.29) is 11.7 Å². The van der Waals surface area contributed by atoms with E-state index in [1.54, 1.807) is 24.3 Å². The van der Waals surface area contributed by atoms with Crippen LogP contribution in [0.15, 0.2) is 59.1 Å². The second-order valence-electron chi connectivity index (χ2n) is 8.02. The maximum Gasteiger partial charge on any atom is 0.414 e. The topological polar surface area (TPSA) is 99.3 Å². The minimum Gasteiger partial charge on any atom is -0.388 e. The number of para-hydroxylation sites is 1. The number of amides is 2. The van der Waals surface area contributed by atoms with Gasteiger partial charge in [0.1, 0.15) is 10.3 Å². The molecule has 0 unspecified atom stereocenters. The summed E-state index contributed by atoms with van der Waals surface area (Å²) in [4.78, 5) is 27.0. The lowest BCUT2D eigenvalue weighted by molar-refractivity contribution is 0.102. The number of rotatable bonds is 7. The number of piperidine rings is 1. The number of hydrogen-bond acceptors (Lipinski definition) is 5. The van der Waals surface area contributed by atoms with Crippen molar-refractivity contribution in [2.75, 3.05) is 29.9 Å². The molecule has 1 fully saturated rings. The summed E-state index contributed by atoms with van der Waals surface area (Å²) in [6.45, 7) is 2.55. The predicted molar refractivity (Wildman–Crippen MR) is 136 cm³/mol. The van der Waals surface area contributed by atoms with E-state index in [9.17, 15) is 9.59 Å². The number of carbonyl (C=O) groups is 2. The number of anilines is 2. The molecule has 0 bridgehead atoms. The quantitative estimate of drug-likeness (QED) is 0.365. The van der Waals surface area contributed by atoms with Gasteiger partial charge in [-0.3, -0.25) is 9.89 Å². The van der Waals surface area contributed by atoms with Gasteiger partial charge in [-0.25, -0.2) is 4.79 Å². The first kappa shape index (κ1) is 24.1. The second kappa shape index (κ2) is 11.4. The Morgan fingerprint density at radius 2 is 1.82 bits per heavy atom. The summed E-state index contributed by atoms with van der Waals surface area (Å²) in [6.07, 6.45) is 2.46. The summed E-state index contributed by atoms with van der Waals surface area (Å²) < 4.78 is 5.61. The first-order chi connectivity index (χ1) is 16.5. The average Bonchev–Trinajstić information content (AvgIpc) is 3.19. The van der Waals surface area contributed by atoms with E-state index in [2.05, 4.69) is 65.9 Å². The number of aromatic nitrogens is 2. The van der Waals surface area contributed by atoms with Crippen LogP contribution in [0, 0.1) is 5.92 Å². The number of nitrogens with zero attached hydrogens (tertiary/aromatic N) is 2. The molecule has 3 N–H and O–H groups in total. The zero-order valence-electron chi connectivity index (χ0n) is 18.4. The fourth-order valence-electron chi connectivity index (χ4n) is 3.91. The number of H-pyrrole nitrogens is 1. The first-order valence-corrected chi connectivity index (χ1v) is 12.2. The van der Waals surface area contributed by atoms with Crippen LogP contribution in [-0.2, 0) is 0 Å². The van der Waals surface area contributed by atoms with Gasteiger partial charge in [-0.1, -0.05) is 41.9 Å². The van der Waals surface area contributed by atoms with Gasteiger partial charge in [0, 0.05) is 25.3 Å². The molecule has 2 aromatic carbocycles. The van der Waals surface area contributed by atoms with E-state index in [1.807, 2.05) is 6.07 Å². The SMILES string of the molecule is O=C(NCCC1CCN(c2ccccc2)CC1)Oc1n[nH]c(NC(=O)c2ccccc2Cl)c1Br. The molecular formula is C24H25BrClN5O3. The third kappa shape index (κ3) is 6.09. The summed E-state index contributed by atoms with van der Waals surface area (Å²) in [6, 6.07) is 17.1. The van der Waals surface area contributed by atoms with Gasteiger partial charge in [-0.15, -0.1) is 5.10 Å². The molecule has 1 saturated heterocycles. The lowest BCUT2D eigenvalue weighted by atomic mass is 9.93. The van der Waals surface area contributed by atoms with Crippen LogP contribution in [0.3, 0.4) is 0 Å². The predicted octanol–water partition coefficient (Wildman–Crippen LogP) is 5.47. The van der Waals surface area contributed by atoms with E-state index in [1.165, 1.54) is 5.69 Å². The Bertz CT molecular complexity index is 1130. The van der Waals surface area contributed by atoms with Crippen molar-refractivity contribution in [2.24, 2.45) is 5.92 Å². The van der Waals surface area contributed by atoms with Gasteiger partial charge in [-0.05, 0) is 65.4 Å². The molecule has 1 aromatic heterocycles. The standard InChI is InChI=1S/C24H25BrClN5O3/c25-20-21(28-22(32)18-8-4-5-9-19(18)26)29-30-23(20)34-24(33)27-13-10-16-11-14-31(15-12-16)17-6-2-1-3-7-17/h1-9,16H,10-15H2,(H,27,33)(H2,28,29,30,32). The molecule has 0 radical (unpaired) electrons. The van der Waals surface area contributed by atoms with Gasteiger partial charge in [0.05, 0.1) is 10.6 Å². The molecule has 1 aliphatic rings. The van der Waals surface area contributed by atoms with Crippen molar-refractivity contribution in [3.05, 3.63) is 69.7 Å². The largest absolute Gasteiger partial charge is 0.414 e. The van der Waals surface area contributed by atoms with E-state index in [0.717, 1.165) is 32.4 Å². The fraction of sp³-hybridized carbons (Fsp3) is 0.292. The molecule has 2 amide bonds. The lowest BCUT2D eigenvalue weighted by Crippen LogP contribution is -2.35. The van der Waals surface area contributed by atoms with Gasteiger partial charge in [-0.2, -0.15) is 0 Å². The number of hydrogen-bond donors (Lipinski definition) is 3. The Morgan fingerprint density at radius 1 is 1.12 bits per heavy atom. The van der Waals surface area contributed by atoms with Crippen LogP contribution in [0.5, 0.6) is 5.88 Å². The molecule has 34 heavy (non-hydrogen) atoms. The van der Waals surface area contributed by atoms with Crippen molar-refractivity contribution in [1.29, 1.82) is 0 Å². The number of nitrogens with one attached hydrogen (secondary N) is 3. The van der Waals surface area contributed by atoms with Crippen LogP contribution in [0.4, 0.5) is 16.3 Å². The monoisotopic (exact) mass is 545 g/mol. The number of ether oxygens (including phenoxy) is 1. The van der Waals surface area contributed by atoms with E-state index >= 15 is 0 Å². The average molecular weight is 547 g/mol. The Labute approximate surface area is 211 Å². The van der Waals surface area contributed by atoms with E-state index in [0.29, 0.717) is 27.5 Å². The van der Waals surface area contributed by atoms with E-state index < -0.39 is 12.0 Å². The Balaban J connectivity index is 1.20. The lowest BCUT2D eigenvalue weighted by Gasteiger charge is -2.33. The Kier molecular flexibility index (Phi) is 8.08. The molecule has 2 heterocycles. The molecule has 178 valence electrons. The van der Waals surface area contributed by atoms with Gasteiger partial charge < -0.3 is 20.3 Å². The maximum absolute atomic E-state index is 12.4. The number of carbonyl (C=O) groups excluding carboxylic acids is 2. The Morgan fingerprint density at radius 3 is 2.56 bits per heavy atom. The van der Waals surface area contributed by atoms with Crippen LogP contribution in [0.2, 0.25) is 5.02 Å². The van der Waals surface area contributed by atoms with Gasteiger partial charge in [0.25, 0.3) is 11.8 Å². The zero-order chi connectivity index (χ0) is 23.9. The van der Waals surface area contributed by atoms with Crippen LogP contribution < -0.4 is 20.3 Å². The molecule has 3 aromatic rings. The molecule has 0 aliphatic carbocycles. The Hall–Kier alpha value is -3.04. The maximum atomic E-state index is 12.4. The van der Waals surface area contributed by atoms with Crippen LogP contribution in [0.25, 0.3) is 0 Å². The summed E-state index contributed by atoms with van der Waals surface area (Å²) in [5, 5.41) is 12.4. The third-order valence-corrected chi connectivity index (χ3v) is 6.85. The highest BCUT2D eigenvalue weighted by molar-refractivity contribution is 9.10. The first-order valence-electron chi connectivity index (χ1n) is 11.1. The zero-order valence-corrected chi connectivity index (χ0v) is 20.7. The number of benzene rings is 2. The van der Waals surface area contributed by atoms with Gasteiger partial charge in [0.2, 0.25) is 0 Å². The normalized spacial score (nSPS) is 14.0. The summed E-state index contributed by atoms with van der Waals surface area (Å²) >= 11 is 9.36. The molecule has 4 rings (SSSR count). The van der Waals surface area contributed by atoms with Crippen molar-refractivity contribution < 1.29 is 14.3 Å². The van der Waals surface area contributed by atoms with Crippen LogP contribution >= 0.6 is 27.5 Å². The fourth-order valence-corrected chi connectivity index (χ4v) is 4.49. The molecule has 0 atom stereocenters.